The highest BCUT2D eigenvalue weighted by Crippen LogP contribution is 2.00. The first-order chi connectivity index (χ1) is 5.88. The zero-order valence-electron chi connectivity index (χ0n) is 6.55. The third kappa shape index (κ3) is 1.05. The Labute approximate surface area is 69.2 Å². The van der Waals surface area contributed by atoms with Crippen molar-refractivity contribution >= 4 is 0 Å². The van der Waals surface area contributed by atoms with Gasteiger partial charge in [-0.2, -0.15) is 0 Å². The molecular weight excluding hydrogens is 154 g/mol. The highest BCUT2D eigenvalue weighted by molar-refractivity contribution is 5.11. The van der Waals surface area contributed by atoms with E-state index in [1.165, 1.54) is 12.7 Å². The maximum Gasteiger partial charge on any atom is 0.238 e. The number of imidazole rings is 1. The molecule has 0 aliphatic carbocycles. The summed E-state index contributed by atoms with van der Waals surface area (Å²) in [6.07, 6.45) is 6.44. The lowest BCUT2D eigenvalue weighted by Gasteiger charge is -1.99. The fourth-order valence-electron chi connectivity index (χ4n) is 0.947. The van der Waals surface area contributed by atoms with Crippen LogP contribution in [0.2, 0.25) is 0 Å². The molecule has 0 atom stereocenters. The van der Waals surface area contributed by atoms with Gasteiger partial charge in [-0.3, -0.25) is 4.57 Å². The van der Waals surface area contributed by atoms with Crippen LogP contribution in [0.4, 0.5) is 0 Å². The zero-order valence-corrected chi connectivity index (χ0v) is 6.55. The van der Waals surface area contributed by atoms with Crippen molar-refractivity contribution in [2.45, 2.75) is 6.92 Å². The molecule has 60 valence electrons. The molecule has 2 heterocycles. The number of nitrogens with zero attached hydrogens (tertiary/aromatic N) is 5. The van der Waals surface area contributed by atoms with Crippen molar-refractivity contribution < 1.29 is 0 Å². The van der Waals surface area contributed by atoms with E-state index >= 15 is 0 Å². The Balaban J connectivity index is 2.51. The highest BCUT2D eigenvalue weighted by Gasteiger charge is 2.00. The summed E-state index contributed by atoms with van der Waals surface area (Å²) in [5, 5.41) is 0. The number of hydrogen-bond donors (Lipinski definition) is 0. The molecule has 0 aliphatic rings. The average molecular weight is 161 g/mol. The second kappa shape index (κ2) is 2.69. The van der Waals surface area contributed by atoms with Crippen LogP contribution in [0.15, 0.2) is 25.0 Å². The monoisotopic (exact) mass is 161 g/mol. The number of aromatic nitrogens is 5. The van der Waals surface area contributed by atoms with Crippen molar-refractivity contribution in [2.24, 2.45) is 0 Å². The van der Waals surface area contributed by atoms with Crippen molar-refractivity contribution in [2.75, 3.05) is 0 Å². The van der Waals surface area contributed by atoms with Gasteiger partial charge < -0.3 is 0 Å². The van der Waals surface area contributed by atoms with Crippen molar-refractivity contribution in [3.63, 3.8) is 0 Å². The standard InChI is InChI=1S/C7H7N5/c1-6-9-2-3-12(6)7-10-4-8-5-11-7/h2-5H,1H3. The Hall–Kier alpha value is -1.78. The van der Waals surface area contributed by atoms with Crippen LogP contribution in [-0.2, 0) is 0 Å². The molecule has 12 heavy (non-hydrogen) atoms. The van der Waals surface area contributed by atoms with E-state index in [2.05, 4.69) is 19.9 Å². The molecule has 0 radical (unpaired) electrons. The van der Waals surface area contributed by atoms with Gasteiger partial charge in [-0.15, -0.1) is 0 Å². The van der Waals surface area contributed by atoms with E-state index in [1.54, 1.807) is 10.8 Å². The highest BCUT2D eigenvalue weighted by atomic mass is 15.2. The Bertz CT molecular complexity index is 366. The molecule has 2 rings (SSSR count). The lowest BCUT2D eigenvalue weighted by Crippen LogP contribution is -2.01. The van der Waals surface area contributed by atoms with Crippen molar-refractivity contribution in [3.8, 4) is 5.95 Å². The van der Waals surface area contributed by atoms with E-state index in [0.717, 1.165) is 5.82 Å². The number of aryl methyl sites for hydroxylation is 1. The lowest BCUT2D eigenvalue weighted by atomic mass is 10.7. The summed E-state index contributed by atoms with van der Waals surface area (Å²) in [6.45, 7) is 1.89. The van der Waals surface area contributed by atoms with E-state index in [1.807, 2.05) is 13.1 Å². The normalized spacial score (nSPS) is 10.1. The Morgan fingerprint density at radius 3 is 2.50 bits per heavy atom. The predicted octanol–water partition coefficient (Wildman–Crippen LogP) is 0.366. The molecule has 0 amide bonds. The molecule has 2 aromatic rings. The minimum absolute atomic E-state index is 0.597. The smallest absolute Gasteiger partial charge is 0.238 e. The van der Waals surface area contributed by atoms with Crippen LogP contribution in [0.25, 0.3) is 5.95 Å². The molecule has 0 saturated heterocycles. The van der Waals surface area contributed by atoms with Gasteiger partial charge in [0, 0.05) is 12.4 Å². The van der Waals surface area contributed by atoms with Gasteiger partial charge in [-0.1, -0.05) is 0 Å². The molecule has 0 spiro atoms. The molecule has 2 aromatic heterocycles. The Morgan fingerprint density at radius 2 is 1.92 bits per heavy atom. The van der Waals surface area contributed by atoms with Crippen LogP contribution in [0.5, 0.6) is 0 Å². The van der Waals surface area contributed by atoms with Gasteiger partial charge in [-0.25, -0.2) is 19.9 Å². The molecule has 0 unspecified atom stereocenters. The molecule has 5 heteroatoms. The summed E-state index contributed by atoms with van der Waals surface area (Å²) in [6, 6.07) is 0. The molecule has 5 nitrogen and oxygen atoms in total. The first-order valence-electron chi connectivity index (χ1n) is 3.50. The van der Waals surface area contributed by atoms with E-state index in [9.17, 15) is 0 Å². The van der Waals surface area contributed by atoms with E-state index in [4.69, 9.17) is 0 Å². The molecule has 0 saturated carbocycles. The van der Waals surface area contributed by atoms with E-state index < -0.39 is 0 Å². The topological polar surface area (TPSA) is 56.5 Å². The van der Waals surface area contributed by atoms with Crippen LogP contribution < -0.4 is 0 Å². The van der Waals surface area contributed by atoms with Gasteiger partial charge in [0.05, 0.1) is 0 Å². The van der Waals surface area contributed by atoms with Crippen LogP contribution in [-0.4, -0.2) is 24.5 Å². The largest absolute Gasteiger partial charge is 0.272 e. The van der Waals surface area contributed by atoms with Gasteiger partial charge in [0.1, 0.15) is 18.5 Å². The van der Waals surface area contributed by atoms with Gasteiger partial charge >= 0.3 is 0 Å². The summed E-state index contributed by atoms with van der Waals surface area (Å²) in [7, 11) is 0. The lowest BCUT2D eigenvalue weighted by molar-refractivity contribution is 0.860. The summed E-state index contributed by atoms with van der Waals surface area (Å²) < 4.78 is 1.79. The van der Waals surface area contributed by atoms with Gasteiger partial charge in [-0.05, 0) is 6.92 Å². The first-order valence-corrected chi connectivity index (χ1v) is 3.50. The Kier molecular flexibility index (Phi) is 1.55. The summed E-state index contributed by atoms with van der Waals surface area (Å²) in [5.74, 6) is 1.46. The second-order valence-electron chi connectivity index (χ2n) is 2.28. The minimum atomic E-state index is 0.597. The zero-order chi connectivity index (χ0) is 8.39. The molecule has 0 bridgehead atoms. The molecule has 0 aromatic carbocycles. The third-order valence-electron chi connectivity index (χ3n) is 1.52. The van der Waals surface area contributed by atoms with Crippen LogP contribution in [0.1, 0.15) is 5.82 Å². The SMILES string of the molecule is Cc1nccn1-c1ncncn1. The third-order valence-corrected chi connectivity index (χ3v) is 1.52. The summed E-state index contributed by atoms with van der Waals surface area (Å²) in [5.41, 5.74) is 0. The predicted molar refractivity (Wildman–Crippen MR) is 41.7 cm³/mol. The second-order valence-corrected chi connectivity index (χ2v) is 2.28. The molecule has 0 N–H and O–H groups in total. The average Bonchev–Trinajstić information content (AvgIpc) is 2.53. The number of rotatable bonds is 1. The van der Waals surface area contributed by atoms with E-state index in [-0.39, 0.29) is 0 Å². The van der Waals surface area contributed by atoms with Crippen molar-refractivity contribution in [3.05, 3.63) is 30.9 Å². The minimum Gasteiger partial charge on any atom is -0.272 e. The fraction of sp³-hybridized carbons (Fsp3) is 0.143. The van der Waals surface area contributed by atoms with Crippen molar-refractivity contribution in [1.82, 2.24) is 24.5 Å². The van der Waals surface area contributed by atoms with E-state index in [0.29, 0.717) is 5.95 Å². The van der Waals surface area contributed by atoms with Crippen molar-refractivity contribution in [1.29, 1.82) is 0 Å². The summed E-state index contributed by atoms with van der Waals surface area (Å²) in [4.78, 5) is 15.8. The maximum atomic E-state index is 4.06. The van der Waals surface area contributed by atoms with Gasteiger partial charge in [0.25, 0.3) is 0 Å². The summed E-state index contributed by atoms with van der Waals surface area (Å²) >= 11 is 0. The molecule has 0 aliphatic heterocycles. The van der Waals surface area contributed by atoms with Crippen LogP contribution in [0.3, 0.4) is 0 Å². The van der Waals surface area contributed by atoms with Gasteiger partial charge in [0.2, 0.25) is 5.95 Å². The maximum absolute atomic E-state index is 4.06. The fourth-order valence-corrected chi connectivity index (χ4v) is 0.947. The number of hydrogen-bond acceptors (Lipinski definition) is 4. The van der Waals surface area contributed by atoms with Crippen LogP contribution >= 0.6 is 0 Å². The first kappa shape index (κ1) is 6.90. The van der Waals surface area contributed by atoms with Crippen LogP contribution in [0, 0.1) is 6.92 Å². The quantitative estimate of drug-likeness (QED) is 0.606. The van der Waals surface area contributed by atoms with Gasteiger partial charge in [0.15, 0.2) is 0 Å². The molecular formula is C7H7N5. The Morgan fingerprint density at radius 1 is 1.17 bits per heavy atom. The molecule has 0 fully saturated rings.